The lowest BCUT2D eigenvalue weighted by Gasteiger charge is -2.35. The number of amides is 1. The number of para-hydroxylation sites is 1. The van der Waals surface area contributed by atoms with Gasteiger partial charge in [0.05, 0.1) is 41.9 Å². The Kier molecular flexibility index (Phi) is 7.41. The number of pyridine rings is 1. The maximum Gasteiger partial charge on any atom is 0.224 e. The minimum Gasteiger partial charge on any atom is -0.377 e. The SMILES string of the molecule is C[C@H](Nc1ncc(CC(=O)NC2COC2)cn1)C1CCN(Cc2ccc3cccc(Cl)c3n2)CC1. The van der Waals surface area contributed by atoms with Crippen LogP contribution >= 0.6 is 11.6 Å². The summed E-state index contributed by atoms with van der Waals surface area (Å²) in [6.45, 7) is 6.27. The van der Waals surface area contributed by atoms with Crippen LogP contribution in [0, 0.1) is 5.92 Å². The van der Waals surface area contributed by atoms with Crippen LogP contribution in [0.1, 0.15) is 31.0 Å². The van der Waals surface area contributed by atoms with Crippen LogP contribution in [0.15, 0.2) is 42.7 Å². The van der Waals surface area contributed by atoms with E-state index >= 15 is 0 Å². The van der Waals surface area contributed by atoms with Crippen molar-refractivity contribution in [3.63, 3.8) is 0 Å². The van der Waals surface area contributed by atoms with Gasteiger partial charge in [-0.05, 0) is 56.5 Å². The highest BCUT2D eigenvalue weighted by molar-refractivity contribution is 6.35. The zero-order valence-corrected chi connectivity index (χ0v) is 20.7. The van der Waals surface area contributed by atoms with E-state index in [4.69, 9.17) is 21.3 Å². The Hall–Kier alpha value is -2.81. The van der Waals surface area contributed by atoms with Crippen LogP contribution in [0.25, 0.3) is 10.9 Å². The smallest absolute Gasteiger partial charge is 0.224 e. The molecule has 1 aromatic carbocycles. The summed E-state index contributed by atoms with van der Waals surface area (Å²) in [6, 6.07) is 10.5. The predicted octanol–water partition coefficient (Wildman–Crippen LogP) is 3.45. The Morgan fingerprint density at radius 2 is 1.94 bits per heavy atom. The molecule has 0 spiro atoms. The number of fused-ring (bicyclic) bond motifs is 1. The third-order valence-electron chi connectivity index (χ3n) is 6.88. The molecule has 0 saturated carbocycles. The number of hydrogen-bond donors (Lipinski definition) is 2. The second-order valence-electron chi connectivity index (χ2n) is 9.55. The van der Waals surface area contributed by atoms with E-state index in [9.17, 15) is 4.79 Å². The van der Waals surface area contributed by atoms with Crippen molar-refractivity contribution in [3.8, 4) is 0 Å². The molecule has 2 N–H and O–H groups in total. The molecule has 2 aliphatic rings. The van der Waals surface area contributed by atoms with Gasteiger partial charge >= 0.3 is 0 Å². The lowest BCUT2D eigenvalue weighted by atomic mass is 9.90. The normalized spacial score (nSPS) is 18.2. The molecule has 1 amide bonds. The maximum absolute atomic E-state index is 12.0. The van der Waals surface area contributed by atoms with Crippen molar-refractivity contribution >= 4 is 34.4 Å². The monoisotopic (exact) mass is 494 g/mol. The molecule has 0 unspecified atom stereocenters. The first-order valence-electron chi connectivity index (χ1n) is 12.2. The molecule has 2 aromatic heterocycles. The van der Waals surface area contributed by atoms with E-state index in [0.29, 0.717) is 30.1 Å². The largest absolute Gasteiger partial charge is 0.377 e. The molecule has 2 aliphatic heterocycles. The van der Waals surface area contributed by atoms with Crippen molar-refractivity contribution in [2.45, 2.75) is 44.8 Å². The highest BCUT2D eigenvalue weighted by Gasteiger charge is 2.25. The molecular weight excluding hydrogens is 464 g/mol. The number of hydrogen-bond acceptors (Lipinski definition) is 7. The highest BCUT2D eigenvalue weighted by Crippen LogP contribution is 2.25. The number of benzene rings is 1. The Bertz CT molecular complexity index is 1160. The zero-order valence-electron chi connectivity index (χ0n) is 19.9. The number of halogens is 1. The fourth-order valence-corrected chi connectivity index (χ4v) is 4.93. The summed E-state index contributed by atoms with van der Waals surface area (Å²) >= 11 is 6.33. The summed E-state index contributed by atoms with van der Waals surface area (Å²) in [5.41, 5.74) is 2.73. The second-order valence-corrected chi connectivity index (χ2v) is 9.96. The average Bonchev–Trinajstić information content (AvgIpc) is 2.84. The van der Waals surface area contributed by atoms with Crippen molar-refractivity contribution in [1.82, 2.24) is 25.2 Å². The van der Waals surface area contributed by atoms with Crippen LogP contribution in [0.2, 0.25) is 5.02 Å². The van der Waals surface area contributed by atoms with Gasteiger partial charge in [0.2, 0.25) is 11.9 Å². The van der Waals surface area contributed by atoms with E-state index in [2.05, 4.69) is 44.6 Å². The van der Waals surface area contributed by atoms with Gasteiger partial charge in [0.15, 0.2) is 0 Å². The summed E-state index contributed by atoms with van der Waals surface area (Å²) in [4.78, 5) is 28.2. The molecule has 9 heteroatoms. The molecular formula is C26H31ClN6O2. The number of carbonyl (C=O) groups excluding carboxylic acids is 1. The van der Waals surface area contributed by atoms with Gasteiger partial charge in [0.1, 0.15) is 0 Å². The average molecular weight is 495 g/mol. The van der Waals surface area contributed by atoms with Crippen LogP contribution in [-0.4, -0.2) is 64.1 Å². The molecule has 0 bridgehead atoms. The molecule has 0 radical (unpaired) electrons. The van der Waals surface area contributed by atoms with Crippen LogP contribution in [0.5, 0.6) is 0 Å². The maximum atomic E-state index is 12.0. The summed E-state index contributed by atoms with van der Waals surface area (Å²) in [5.74, 6) is 1.13. The first-order chi connectivity index (χ1) is 17.0. The van der Waals surface area contributed by atoms with Gasteiger partial charge in [-0.1, -0.05) is 29.8 Å². The van der Waals surface area contributed by atoms with Crippen molar-refractivity contribution in [3.05, 3.63) is 59.0 Å². The molecule has 35 heavy (non-hydrogen) atoms. The van der Waals surface area contributed by atoms with Gasteiger partial charge in [-0.3, -0.25) is 9.69 Å². The molecule has 2 fully saturated rings. The lowest BCUT2D eigenvalue weighted by Crippen LogP contribution is -2.49. The van der Waals surface area contributed by atoms with Gasteiger partial charge in [0.25, 0.3) is 0 Å². The lowest BCUT2D eigenvalue weighted by molar-refractivity contribution is -0.124. The number of carbonyl (C=O) groups is 1. The quantitative estimate of drug-likeness (QED) is 0.495. The van der Waals surface area contributed by atoms with Gasteiger partial charge in [-0.2, -0.15) is 0 Å². The van der Waals surface area contributed by atoms with E-state index < -0.39 is 0 Å². The minimum absolute atomic E-state index is 0.0234. The first kappa shape index (κ1) is 23.9. The highest BCUT2D eigenvalue weighted by atomic mass is 35.5. The Balaban J connectivity index is 1.08. The number of likely N-dealkylation sites (tertiary alicyclic amines) is 1. The third-order valence-corrected chi connectivity index (χ3v) is 7.19. The number of nitrogens with one attached hydrogen (secondary N) is 2. The molecule has 3 aromatic rings. The number of ether oxygens (including phenoxy) is 1. The topological polar surface area (TPSA) is 92.3 Å². The van der Waals surface area contributed by atoms with Crippen LogP contribution in [0.4, 0.5) is 5.95 Å². The Labute approximate surface area is 210 Å². The van der Waals surface area contributed by atoms with Crippen molar-refractivity contribution in [2.24, 2.45) is 5.92 Å². The van der Waals surface area contributed by atoms with E-state index in [1.54, 1.807) is 12.4 Å². The van der Waals surface area contributed by atoms with Gasteiger partial charge in [-0.25, -0.2) is 15.0 Å². The summed E-state index contributed by atoms with van der Waals surface area (Å²) in [5, 5.41) is 8.15. The van der Waals surface area contributed by atoms with Gasteiger partial charge < -0.3 is 15.4 Å². The van der Waals surface area contributed by atoms with Crippen LogP contribution in [-0.2, 0) is 22.5 Å². The second kappa shape index (κ2) is 10.8. The number of piperidine rings is 1. The third kappa shape index (κ3) is 6.07. The van der Waals surface area contributed by atoms with Crippen LogP contribution < -0.4 is 10.6 Å². The molecule has 8 nitrogen and oxygen atoms in total. The van der Waals surface area contributed by atoms with E-state index in [1.807, 2.05) is 18.2 Å². The molecule has 2 saturated heterocycles. The molecule has 1 atom stereocenters. The van der Waals surface area contributed by atoms with Crippen molar-refractivity contribution < 1.29 is 9.53 Å². The number of aromatic nitrogens is 3. The molecule has 184 valence electrons. The van der Waals surface area contributed by atoms with Crippen molar-refractivity contribution in [2.75, 3.05) is 31.6 Å². The number of anilines is 1. The summed E-state index contributed by atoms with van der Waals surface area (Å²) in [6.07, 6.45) is 5.94. The number of rotatable bonds is 8. The van der Waals surface area contributed by atoms with E-state index in [0.717, 1.165) is 54.6 Å². The first-order valence-corrected chi connectivity index (χ1v) is 12.6. The zero-order chi connectivity index (χ0) is 24.2. The van der Waals surface area contributed by atoms with Crippen molar-refractivity contribution in [1.29, 1.82) is 0 Å². The Morgan fingerprint density at radius 1 is 1.17 bits per heavy atom. The molecule has 5 rings (SSSR count). The van der Waals surface area contributed by atoms with E-state index in [-0.39, 0.29) is 24.4 Å². The van der Waals surface area contributed by atoms with Crippen LogP contribution in [0.3, 0.4) is 0 Å². The predicted molar refractivity (Wildman–Crippen MR) is 136 cm³/mol. The summed E-state index contributed by atoms with van der Waals surface area (Å²) < 4.78 is 5.08. The van der Waals surface area contributed by atoms with E-state index in [1.165, 1.54) is 0 Å². The molecule has 0 aliphatic carbocycles. The molecule has 4 heterocycles. The van der Waals surface area contributed by atoms with Gasteiger partial charge in [0, 0.05) is 30.4 Å². The Morgan fingerprint density at radius 3 is 2.66 bits per heavy atom. The minimum atomic E-state index is -0.0234. The van der Waals surface area contributed by atoms with Gasteiger partial charge in [-0.15, -0.1) is 0 Å². The standard InChI is InChI=1S/C26H31ClN6O2/c1-17(30-26-28-12-18(13-29-26)11-24(34)31-22-15-35-16-22)19-7-9-33(10-8-19)14-21-6-5-20-3-2-4-23(27)25(20)32-21/h2-6,12-13,17,19,22H,7-11,14-16H2,1H3,(H,31,34)(H,28,29,30)/t17-/m0/s1. The fraction of sp³-hybridized carbons (Fsp3) is 0.462. The fourth-order valence-electron chi connectivity index (χ4n) is 4.70. The summed E-state index contributed by atoms with van der Waals surface area (Å²) in [7, 11) is 0. The number of nitrogens with zero attached hydrogens (tertiary/aromatic N) is 4.